The van der Waals surface area contributed by atoms with E-state index in [-0.39, 0.29) is 29.7 Å². The summed E-state index contributed by atoms with van der Waals surface area (Å²) >= 11 is 0. The lowest BCUT2D eigenvalue weighted by Gasteiger charge is -2.44. The number of carbonyl (C=O) groups is 2. The predicted molar refractivity (Wildman–Crippen MR) is 120 cm³/mol. The van der Waals surface area contributed by atoms with Gasteiger partial charge in [0.25, 0.3) is 0 Å². The van der Waals surface area contributed by atoms with Gasteiger partial charge in [0.05, 0.1) is 33.3 Å². The Bertz CT molecular complexity index is 894. The molecule has 2 saturated heterocycles. The van der Waals surface area contributed by atoms with Gasteiger partial charge in [0.1, 0.15) is 12.7 Å². The van der Waals surface area contributed by atoms with Gasteiger partial charge in [0, 0.05) is 25.7 Å². The molecule has 2 bridgehead atoms. The summed E-state index contributed by atoms with van der Waals surface area (Å²) in [4.78, 5) is 25.9. The monoisotopic (exact) mass is 517 g/mol. The molecule has 2 fully saturated rings. The first-order valence-electron chi connectivity index (χ1n) is 11.2. The van der Waals surface area contributed by atoms with Crippen LogP contribution >= 0.6 is 0 Å². The summed E-state index contributed by atoms with van der Waals surface area (Å²) < 4.78 is 18.1. The molecule has 0 radical (unpaired) electrons. The minimum atomic E-state index is -1.56. The van der Waals surface area contributed by atoms with Crippen LogP contribution in [0.5, 0.6) is 0 Å². The van der Waals surface area contributed by atoms with Crippen molar-refractivity contribution in [3.05, 3.63) is 71.8 Å². The molecule has 0 aromatic heterocycles. The highest BCUT2D eigenvalue weighted by atomic mass is 79.9. The second-order valence-electron chi connectivity index (χ2n) is 9.29. The van der Waals surface area contributed by atoms with Crippen molar-refractivity contribution in [3.63, 3.8) is 0 Å². The minimum Gasteiger partial charge on any atom is -1.00 e. The molecule has 2 aliphatic heterocycles. The van der Waals surface area contributed by atoms with Crippen molar-refractivity contribution < 1.29 is 45.3 Å². The summed E-state index contributed by atoms with van der Waals surface area (Å²) in [5.74, 6) is -1.04. The average Bonchev–Trinajstić information content (AvgIpc) is 2.96. The number of hydrogen-bond donors (Lipinski definition) is 0. The zero-order valence-corrected chi connectivity index (χ0v) is 21.0. The van der Waals surface area contributed by atoms with E-state index in [9.17, 15) is 9.59 Å². The average molecular weight is 518 g/mol. The highest BCUT2D eigenvalue weighted by Gasteiger charge is 2.52. The van der Waals surface area contributed by atoms with Crippen molar-refractivity contribution in [2.24, 2.45) is 0 Å². The molecule has 2 unspecified atom stereocenters. The summed E-state index contributed by atoms with van der Waals surface area (Å²) in [5, 5.41) is 0. The molecule has 4 rings (SSSR count). The number of halogens is 1. The largest absolute Gasteiger partial charge is 1.00 e. The van der Waals surface area contributed by atoms with Crippen molar-refractivity contribution in [2.75, 3.05) is 27.8 Å². The topological polar surface area (TPSA) is 61.8 Å². The molecule has 2 aromatic rings. The first-order chi connectivity index (χ1) is 15.4. The lowest BCUT2D eigenvalue weighted by molar-refractivity contribution is -0.931. The Morgan fingerprint density at radius 3 is 1.85 bits per heavy atom. The molecule has 0 aliphatic carbocycles. The van der Waals surface area contributed by atoms with Crippen LogP contribution in [0.25, 0.3) is 0 Å². The third kappa shape index (κ3) is 4.86. The van der Waals surface area contributed by atoms with Crippen LogP contribution in [0.1, 0.15) is 36.8 Å². The molecule has 0 spiro atoms. The van der Waals surface area contributed by atoms with Crippen LogP contribution in [0.4, 0.5) is 0 Å². The van der Waals surface area contributed by atoms with E-state index in [0.717, 1.165) is 30.2 Å². The van der Waals surface area contributed by atoms with Gasteiger partial charge in [-0.2, -0.15) is 0 Å². The molecular weight excluding hydrogens is 486 g/mol. The fourth-order valence-corrected chi connectivity index (χ4v) is 5.36. The van der Waals surface area contributed by atoms with Gasteiger partial charge in [-0.3, -0.25) is 0 Å². The number of carbonyl (C=O) groups excluding carboxylic acids is 2. The van der Waals surface area contributed by atoms with Gasteiger partial charge < -0.3 is 35.7 Å². The molecule has 7 heteroatoms. The lowest BCUT2D eigenvalue weighted by atomic mass is 9.85. The van der Waals surface area contributed by atoms with E-state index >= 15 is 0 Å². The van der Waals surface area contributed by atoms with E-state index in [1.807, 2.05) is 60.7 Å². The number of piperidine rings is 1. The second-order valence-corrected chi connectivity index (χ2v) is 9.29. The van der Waals surface area contributed by atoms with Gasteiger partial charge in [0.15, 0.2) is 0 Å². The van der Waals surface area contributed by atoms with Crippen molar-refractivity contribution in [2.45, 2.75) is 49.5 Å². The number of esters is 2. The molecule has 2 atom stereocenters. The number of fused-ring (bicyclic) bond motifs is 2. The molecular formula is C26H32BrNO5. The summed E-state index contributed by atoms with van der Waals surface area (Å²) in [6.07, 6.45) is 3.83. The molecule has 0 amide bonds. The van der Waals surface area contributed by atoms with Crippen molar-refractivity contribution in [1.29, 1.82) is 0 Å². The summed E-state index contributed by atoms with van der Waals surface area (Å²) in [5.41, 5.74) is -0.317. The van der Waals surface area contributed by atoms with Crippen molar-refractivity contribution in [3.8, 4) is 0 Å². The molecule has 2 aromatic carbocycles. The highest BCUT2D eigenvalue weighted by molar-refractivity contribution is 5.86. The molecule has 2 aliphatic rings. The molecule has 0 saturated carbocycles. The Hall–Kier alpha value is -2.22. The maximum absolute atomic E-state index is 13.9. The van der Waals surface area contributed by atoms with E-state index in [2.05, 4.69) is 14.1 Å². The zero-order valence-electron chi connectivity index (χ0n) is 19.4. The van der Waals surface area contributed by atoms with Gasteiger partial charge in [-0.1, -0.05) is 60.7 Å². The minimum absolute atomic E-state index is 0. The van der Waals surface area contributed by atoms with Crippen LogP contribution in [0.15, 0.2) is 60.7 Å². The standard InChI is InChI=1S/C26H32NO5.BrH/c1-27(2)21-14-15-22(27)17-23(16-21)32-25(29)26(31-18-24(28)30-3,19-10-6-4-7-11-19)20-12-8-5-9-13-20;/h4-13,21-23H,14-18H2,1-3H3;1H/q+1;/p-1. The van der Waals surface area contributed by atoms with Gasteiger partial charge in [-0.15, -0.1) is 0 Å². The van der Waals surface area contributed by atoms with Crippen LogP contribution in [0, 0.1) is 0 Å². The van der Waals surface area contributed by atoms with Gasteiger partial charge in [-0.25, -0.2) is 9.59 Å². The second kappa shape index (κ2) is 10.4. The summed E-state index contributed by atoms with van der Waals surface area (Å²) in [6, 6.07) is 19.5. The van der Waals surface area contributed by atoms with E-state index in [0.29, 0.717) is 23.2 Å². The number of quaternary nitrogens is 1. The fourth-order valence-electron chi connectivity index (χ4n) is 5.36. The fraction of sp³-hybridized carbons (Fsp3) is 0.462. The number of ether oxygens (including phenoxy) is 3. The number of methoxy groups -OCH3 is 1. The van der Waals surface area contributed by atoms with E-state index < -0.39 is 17.5 Å². The molecule has 178 valence electrons. The Morgan fingerprint density at radius 2 is 1.39 bits per heavy atom. The van der Waals surface area contributed by atoms with Crippen LogP contribution in [-0.4, -0.2) is 62.4 Å². The zero-order chi connectivity index (χ0) is 22.8. The third-order valence-electron chi connectivity index (χ3n) is 7.34. The lowest BCUT2D eigenvalue weighted by Crippen LogP contribution is -3.00. The number of rotatable bonds is 7. The normalized spacial score (nSPS) is 23.3. The maximum atomic E-state index is 13.9. The number of hydrogen-bond acceptors (Lipinski definition) is 5. The first kappa shape index (κ1) is 25.4. The van der Waals surface area contributed by atoms with E-state index in [4.69, 9.17) is 14.2 Å². The number of benzene rings is 2. The van der Waals surface area contributed by atoms with E-state index in [1.54, 1.807) is 0 Å². The van der Waals surface area contributed by atoms with Crippen molar-refractivity contribution >= 4 is 11.9 Å². The van der Waals surface area contributed by atoms with Crippen LogP contribution in [0.3, 0.4) is 0 Å². The third-order valence-corrected chi connectivity index (χ3v) is 7.34. The van der Waals surface area contributed by atoms with Gasteiger partial charge in [-0.05, 0) is 11.1 Å². The Morgan fingerprint density at radius 1 is 0.909 bits per heavy atom. The van der Waals surface area contributed by atoms with E-state index in [1.165, 1.54) is 7.11 Å². The molecule has 6 nitrogen and oxygen atoms in total. The maximum Gasteiger partial charge on any atom is 0.348 e. The predicted octanol–water partition coefficient (Wildman–Crippen LogP) is 0.437. The molecule has 2 heterocycles. The quantitative estimate of drug-likeness (QED) is 0.394. The van der Waals surface area contributed by atoms with Gasteiger partial charge in [0.2, 0.25) is 5.60 Å². The van der Waals surface area contributed by atoms with Crippen LogP contribution in [0.2, 0.25) is 0 Å². The Balaban J connectivity index is 0.00000306. The van der Waals surface area contributed by atoms with Crippen molar-refractivity contribution in [1.82, 2.24) is 0 Å². The summed E-state index contributed by atoms with van der Waals surface area (Å²) in [6.45, 7) is -0.366. The molecule has 33 heavy (non-hydrogen) atoms. The Labute approximate surface area is 206 Å². The smallest absolute Gasteiger partial charge is 0.348 e. The Kier molecular flexibility index (Phi) is 7.98. The first-order valence-corrected chi connectivity index (χ1v) is 11.2. The summed E-state index contributed by atoms with van der Waals surface area (Å²) in [7, 11) is 5.85. The highest BCUT2D eigenvalue weighted by Crippen LogP contribution is 2.42. The number of nitrogens with zero attached hydrogens (tertiary/aromatic N) is 1. The van der Waals surface area contributed by atoms with Crippen LogP contribution in [-0.2, 0) is 29.4 Å². The SMILES string of the molecule is COC(=O)COC(C(=O)OC1CC2CCC(C1)[N+]2(C)C)(c1ccccc1)c1ccccc1.[Br-]. The molecule has 0 N–H and O–H groups in total. The van der Waals surface area contributed by atoms with Gasteiger partial charge >= 0.3 is 11.9 Å². The van der Waals surface area contributed by atoms with Crippen LogP contribution < -0.4 is 17.0 Å².